The fraction of sp³-hybridized carbons (Fsp3) is 0.375. The van der Waals surface area contributed by atoms with Gasteiger partial charge in [-0.25, -0.2) is 0 Å². The molecule has 1 aromatic rings. The summed E-state index contributed by atoms with van der Waals surface area (Å²) in [6.45, 7) is 7.32. The molecule has 5 heteroatoms. The van der Waals surface area contributed by atoms with Gasteiger partial charge in [0.25, 0.3) is 11.9 Å². The molecule has 5 nitrogen and oxygen atoms in total. The van der Waals surface area contributed by atoms with Crippen LogP contribution in [0.4, 0.5) is 5.69 Å². The number of ketones is 1. The molecule has 0 radical (unpaired) electrons. The van der Waals surface area contributed by atoms with Crippen LogP contribution in [-0.2, 0) is 19.1 Å². The van der Waals surface area contributed by atoms with Crippen molar-refractivity contribution in [1.29, 1.82) is 0 Å². The van der Waals surface area contributed by atoms with Gasteiger partial charge >= 0.3 is 0 Å². The molecule has 114 valence electrons. The summed E-state index contributed by atoms with van der Waals surface area (Å²) in [6.07, 6.45) is 0. The maximum Gasteiger partial charge on any atom is 0.296 e. The SMILES string of the molecule is CCOC(OCC)=C(C(C)=O)C(=O)Nc1ccccc1C. The molecule has 0 heterocycles. The smallest absolute Gasteiger partial charge is 0.296 e. The Morgan fingerprint density at radius 3 is 2.14 bits per heavy atom. The summed E-state index contributed by atoms with van der Waals surface area (Å²) in [4.78, 5) is 24.1. The van der Waals surface area contributed by atoms with Gasteiger partial charge in [-0.15, -0.1) is 0 Å². The number of hydrogen-bond donors (Lipinski definition) is 1. The summed E-state index contributed by atoms with van der Waals surface area (Å²) >= 11 is 0. The highest BCUT2D eigenvalue weighted by molar-refractivity contribution is 6.23. The van der Waals surface area contributed by atoms with Crippen molar-refractivity contribution >= 4 is 17.4 Å². The van der Waals surface area contributed by atoms with Crippen LogP contribution in [0.2, 0.25) is 0 Å². The summed E-state index contributed by atoms with van der Waals surface area (Å²) in [5.41, 5.74) is 1.44. The summed E-state index contributed by atoms with van der Waals surface area (Å²) < 4.78 is 10.5. The maximum absolute atomic E-state index is 12.3. The van der Waals surface area contributed by atoms with Crippen molar-refractivity contribution in [2.75, 3.05) is 18.5 Å². The van der Waals surface area contributed by atoms with Gasteiger partial charge in [0.2, 0.25) is 0 Å². The van der Waals surface area contributed by atoms with E-state index in [4.69, 9.17) is 9.47 Å². The Bertz CT molecular complexity index is 541. The first-order valence-electron chi connectivity index (χ1n) is 6.89. The van der Waals surface area contributed by atoms with Crippen molar-refractivity contribution in [3.8, 4) is 0 Å². The Labute approximate surface area is 124 Å². The number of carbonyl (C=O) groups is 2. The van der Waals surface area contributed by atoms with Crippen molar-refractivity contribution in [3.63, 3.8) is 0 Å². The van der Waals surface area contributed by atoms with Crippen LogP contribution in [0.15, 0.2) is 35.8 Å². The lowest BCUT2D eigenvalue weighted by atomic mass is 10.1. The molecule has 0 fully saturated rings. The lowest BCUT2D eigenvalue weighted by Crippen LogP contribution is -2.23. The molecule has 0 atom stereocenters. The highest BCUT2D eigenvalue weighted by Gasteiger charge is 2.23. The summed E-state index contributed by atoms with van der Waals surface area (Å²) in [5, 5.41) is 2.71. The summed E-state index contributed by atoms with van der Waals surface area (Å²) in [7, 11) is 0. The van der Waals surface area contributed by atoms with Crippen molar-refractivity contribution in [2.45, 2.75) is 27.7 Å². The van der Waals surface area contributed by atoms with E-state index < -0.39 is 11.7 Å². The first-order chi connectivity index (χ1) is 10.0. The fourth-order valence-electron chi connectivity index (χ4n) is 1.74. The largest absolute Gasteiger partial charge is 0.465 e. The quantitative estimate of drug-likeness (QED) is 0.363. The van der Waals surface area contributed by atoms with E-state index in [1.165, 1.54) is 6.92 Å². The number of hydrogen-bond acceptors (Lipinski definition) is 4. The van der Waals surface area contributed by atoms with Crippen LogP contribution in [0.3, 0.4) is 0 Å². The minimum atomic E-state index is -0.534. The third-order valence-corrected chi connectivity index (χ3v) is 2.73. The molecule has 0 saturated heterocycles. The molecule has 1 N–H and O–H groups in total. The Balaban J connectivity index is 3.10. The standard InChI is InChI=1S/C16H21NO4/c1-5-20-16(21-6-2)14(12(4)18)15(19)17-13-10-8-7-9-11(13)3/h7-10H,5-6H2,1-4H3,(H,17,19). The number of ether oxygens (including phenoxy) is 2. The third-order valence-electron chi connectivity index (χ3n) is 2.73. The van der Waals surface area contributed by atoms with Crippen LogP contribution in [0.5, 0.6) is 0 Å². The monoisotopic (exact) mass is 291 g/mol. The van der Waals surface area contributed by atoms with Crippen molar-refractivity contribution in [1.82, 2.24) is 0 Å². The average Bonchev–Trinajstić information content (AvgIpc) is 2.41. The predicted octanol–water partition coefficient (Wildman–Crippen LogP) is 2.81. The normalized spacial score (nSPS) is 9.71. The molecule has 0 spiro atoms. The second kappa shape index (κ2) is 8.09. The van der Waals surface area contributed by atoms with E-state index in [1.807, 2.05) is 25.1 Å². The fourth-order valence-corrected chi connectivity index (χ4v) is 1.74. The number of nitrogens with one attached hydrogen (secondary N) is 1. The Morgan fingerprint density at radius 1 is 1.10 bits per heavy atom. The second-order valence-corrected chi connectivity index (χ2v) is 4.35. The van der Waals surface area contributed by atoms with E-state index in [0.717, 1.165) is 5.56 Å². The zero-order valence-electron chi connectivity index (χ0n) is 12.9. The van der Waals surface area contributed by atoms with Gasteiger partial charge in [0, 0.05) is 5.69 Å². The van der Waals surface area contributed by atoms with E-state index in [-0.39, 0.29) is 11.5 Å². The van der Waals surface area contributed by atoms with Gasteiger partial charge in [0.15, 0.2) is 11.4 Å². The predicted molar refractivity (Wildman–Crippen MR) is 80.8 cm³/mol. The molecule has 0 unspecified atom stereocenters. The van der Waals surface area contributed by atoms with Crippen LogP contribution >= 0.6 is 0 Å². The van der Waals surface area contributed by atoms with Gasteiger partial charge in [-0.05, 0) is 39.3 Å². The van der Waals surface area contributed by atoms with Crippen LogP contribution in [0.25, 0.3) is 0 Å². The number of benzene rings is 1. The minimum absolute atomic E-state index is 0.0291. The first kappa shape index (κ1) is 16.8. The van der Waals surface area contributed by atoms with Crippen molar-refractivity contribution < 1.29 is 19.1 Å². The number of amides is 1. The van der Waals surface area contributed by atoms with Gasteiger partial charge in [-0.2, -0.15) is 0 Å². The molecule has 0 saturated carbocycles. The summed E-state index contributed by atoms with van der Waals surface area (Å²) in [6, 6.07) is 7.33. The number of aryl methyl sites for hydroxylation is 1. The van der Waals surface area contributed by atoms with Crippen molar-refractivity contribution in [3.05, 3.63) is 41.3 Å². The van der Waals surface area contributed by atoms with Crippen molar-refractivity contribution in [2.24, 2.45) is 0 Å². The molecular formula is C16H21NO4. The molecule has 0 aliphatic rings. The molecule has 1 rings (SSSR count). The molecule has 0 aromatic heterocycles. The number of para-hydroxylation sites is 1. The van der Waals surface area contributed by atoms with Crippen LogP contribution in [0, 0.1) is 6.92 Å². The van der Waals surface area contributed by atoms with Gasteiger partial charge in [0.05, 0.1) is 13.2 Å². The molecule has 0 bridgehead atoms. The molecule has 0 aliphatic heterocycles. The highest BCUT2D eigenvalue weighted by atomic mass is 16.7. The zero-order valence-corrected chi connectivity index (χ0v) is 12.9. The van der Waals surface area contributed by atoms with Gasteiger partial charge in [0.1, 0.15) is 0 Å². The van der Waals surface area contributed by atoms with E-state index in [1.54, 1.807) is 19.9 Å². The molecule has 21 heavy (non-hydrogen) atoms. The van der Waals surface area contributed by atoms with Crippen LogP contribution in [-0.4, -0.2) is 24.9 Å². The van der Waals surface area contributed by atoms with Gasteiger partial charge < -0.3 is 14.8 Å². The Hall–Kier alpha value is -2.30. The minimum Gasteiger partial charge on any atom is -0.465 e. The number of carbonyl (C=O) groups excluding carboxylic acids is 2. The Morgan fingerprint density at radius 2 is 1.67 bits per heavy atom. The topological polar surface area (TPSA) is 64.6 Å². The van der Waals surface area contributed by atoms with E-state index in [9.17, 15) is 9.59 Å². The lowest BCUT2D eigenvalue weighted by molar-refractivity contribution is -0.120. The van der Waals surface area contributed by atoms with Gasteiger partial charge in [-0.1, -0.05) is 18.2 Å². The number of Topliss-reactive ketones (excluding diaryl/α,β-unsaturated/α-hetero) is 1. The lowest BCUT2D eigenvalue weighted by Gasteiger charge is -2.14. The van der Waals surface area contributed by atoms with E-state index in [0.29, 0.717) is 18.9 Å². The van der Waals surface area contributed by atoms with Gasteiger partial charge in [-0.3, -0.25) is 9.59 Å². The molecule has 0 aliphatic carbocycles. The average molecular weight is 291 g/mol. The Kier molecular flexibility index (Phi) is 6.46. The van der Waals surface area contributed by atoms with E-state index in [2.05, 4.69) is 5.32 Å². The number of anilines is 1. The summed E-state index contributed by atoms with van der Waals surface area (Å²) in [5.74, 6) is -0.967. The van der Waals surface area contributed by atoms with Crippen LogP contribution in [0.1, 0.15) is 26.3 Å². The second-order valence-electron chi connectivity index (χ2n) is 4.35. The maximum atomic E-state index is 12.3. The number of rotatable bonds is 7. The molecule has 1 amide bonds. The van der Waals surface area contributed by atoms with Crippen LogP contribution < -0.4 is 5.32 Å². The molecular weight excluding hydrogens is 270 g/mol. The van der Waals surface area contributed by atoms with E-state index >= 15 is 0 Å². The molecule has 1 aromatic carbocycles. The third kappa shape index (κ3) is 4.63. The first-order valence-corrected chi connectivity index (χ1v) is 6.89. The zero-order chi connectivity index (χ0) is 15.8. The highest BCUT2D eigenvalue weighted by Crippen LogP contribution is 2.17.